The molecule has 0 unspecified atom stereocenters. The lowest BCUT2D eigenvalue weighted by Gasteiger charge is -2.12. The van der Waals surface area contributed by atoms with Crippen LogP contribution in [0.25, 0.3) is 22.0 Å². The summed E-state index contributed by atoms with van der Waals surface area (Å²) in [7, 11) is 1.38. The van der Waals surface area contributed by atoms with Crippen molar-refractivity contribution < 1.29 is 9.23 Å². The van der Waals surface area contributed by atoms with Gasteiger partial charge in [0.15, 0.2) is 0 Å². The van der Waals surface area contributed by atoms with Crippen molar-refractivity contribution in [3.05, 3.63) is 70.8 Å². The fraction of sp³-hybridized carbons (Fsp3) is 0.0625. The predicted molar refractivity (Wildman–Crippen MR) is 76.1 cm³/mol. The van der Waals surface area contributed by atoms with Gasteiger partial charge in [0.2, 0.25) is 0 Å². The maximum atomic E-state index is 13.4. The van der Waals surface area contributed by atoms with E-state index >= 15 is 0 Å². The normalized spacial score (nSPS) is 10.7. The van der Waals surface area contributed by atoms with Crippen LogP contribution in [-0.2, 0) is 0 Å². The smallest absolute Gasteiger partial charge is 0.284 e. The third-order valence-electron chi connectivity index (χ3n) is 3.20. The molecular formula is C16H12FNO2. The maximum Gasteiger partial charge on any atom is 0.284 e. The average molecular weight is 269 g/mol. The summed E-state index contributed by atoms with van der Waals surface area (Å²) in [5, 5.41) is 0.763. The average Bonchev–Trinajstić information content (AvgIpc) is 2.47. The lowest BCUT2D eigenvalue weighted by atomic mass is 10.0. The van der Waals surface area contributed by atoms with Crippen LogP contribution in [0.2, 0.25) is 0 Å². The van der Waals surface area contributed by atoms with Gasteiger partial charge in [-0.1, -0.05) is 30.3 Å². The Balaban J connectivity index is 2.43. The fourth-order valence-electron chi connectivity index (χ4n) is 2.32. The van der Waals surface area contributed by atoms with Crippen LogP contribution in [0.1, 0.15) is 0 Å². The van der Waals surface area contributed by atoms with Crippen LogP contribution in [-0.4, -0.2) is 11.8 Å². The Morgan fingerprint density at radius 2 is 1.80 bits per heavy atom. The molecule has 0 saturated carbocycles. The number of nitrogens with zero attached hydrogens (tertiary/aromatic N) is 1. The number of benzene rings is 2. The second kappa shape index (κ2) is 4.81. The van der Waals surface area contributed by atoms with Crippen molar-refractivity contribution in [1.82, 2.24) is 4.73 Å². The van der Waals surface area contributed by atoms with E-state index < -0.39 is 5.82 Å². The number of hydrogen-bond donors (Lipinski definition) is 0. The van der Waals surface area contributed by atoms with Gasteiger partial charge in [-0.3, -0.25) is 4.79 Å². The molecule has 4 heteroatoms. The van der Waals surface area contributed by atoms with Gasteiger partial charge in [0, 0.05) is 17.5 Å². The first kappa shape index (κ1) is 12.4. The van der Waals surface area contributed by atoms with Crippen LogP contribution in [0.15, 0.2) is 59.4 Å². The highest BCUT2D eigenvalue weighted by molar-refractivity contribution is 5.94. The molecule has 1 aromatic heterocycles. The van der Waals surface area contributed by atoms with Crippen LogP contribution in [0, 0.1) is 5.82 Å². The summed E-state index contributed by atoms with van der Waals surface area (Å²) in [6.07, 6.45) is 0. The number of aromatic nitrogens is 1. The van der Waals surface area contributed by atoms with E-state index in [0.717, 1.165) is 21.2 Å². The van der Waals surface area contributed by atoms with Gasteiger partial charge in [0.05, 0.1) is 5.52 Å². The van der Waals surface area contributed by atoms with Gasteiger partial charge in [0.25, 0.3) is 5.56 Å². The molecule has 3 nitrogen and oxygen atoms in total. The van der Waals surface area contributed by atoms with E-state index in [9.17, 15) is 9.18 Å². The molecule has 2 aromatic carbocycles. The minimum Gasteiger partial charge on any atom is -0.413 e. The largest absolute Gasteiger partial charge is 0.413 e. The summed E-state index contributed by atoms with van der Waals surface area (Å²) >= 11 is 0. The van der Waals surface area contributed by atoms with Gasteiger partial charge >= 0.3 is 0 Å². The zero-order valence-corrected chi connectivity index (χ0v) is 10.8. The van der Waals surface area contributed by atoms with Crippen molar-refractivity contribution in [2.24, 2.45) is 0 Å². The van der Waals surface area contributed by atoms with E-state index in [4.69, 9.17) is 4.84 Å². The molecule has 20 heavy (non-hydrogen) atoms. The van der Waals surface area contributed by atoms with Gasteiger partial charge in [-0.15, -0.1) is 4.73 Å². The molecule has 0 saturated heterocycles. The van der Waals surface area contributed by atoms with Gasteiger partial charge < -0.3 is 4.84 Å². The Morgan fingerprint density at radius 3 is 2.50 bits per heavy atom. The van der Waals surface area contributed by atoms with Crippen molar-refractivity contribution in [3.63, 3.8) is 0 Å². The van der Waals surface area contributed by atoms with Gasteiger partial charge in [0.1, 0.15) is 12.9 Å². The highest BCUT2D eigenvalue weighted by atomic mass is 19.1. The van der Waals surface area contributed by atoms with Crippen molar-refractivity contribution >= 4 is 10.9 Å². The lowest BCUT2D eigenvalue weighted by molar-refractivity contribution is 0.169. The van der Waals surface area contributed by atoms with E-state index in [1.807, 2.05) is 30.3 Å². The van der Waals surface area contributed by atoms with Crippen molar-refractivity contribution in [2.75, 3.05) is 7.11 Å². The summed E-state index contributed by atoms with van der Waals surface area (Å²) in [5.41, 5.74) is 1.76. The van der Waals surface area contributed by atoms with E-state index in [1.54, 1.807) is 6.07 Å². The molecule has 0 radical (unpaired) electrons. The molecule has 0 aliphatic heterocycles. The molecule has 0 spiro atoms. The quantitative estimate of drug-likeness (QED) is 0.716. The molecule has 3 rings (SSSR count). The highest BCUT2D eigenvalue weighted by Crippen LogP contribution is 2.27. The summed E-state index contributed by atoms with van der Waals surface area (Å²) in [6.45, 7) is 0. The van der Waals surface area contributed by atoms with Crippen molar-refractivity contribution in [2.45, 2.75) is 0 Å². The SMILES string of the molecule is COn1c(=O)cc(-c2ccccc2)c2ccc(F)cc21. The fourth-order valence-corrected chi connectivity index (χ4v) is 2.32. The van der Waals surface area contributed by atoms with Crippen LogP contribution in [0.3, 0.4) is 0 Å². The minimum atomic E-state index is -0.409. The Bertz CT molecular complexity index is 825. The maximum absolute atomic E-state index is 13.4. The second-order valence-electron chi connectivity index (χ2n) is 4.40. The summed E-state index contributed by atoms with van der Waals surface area (Å²) < 4.78 is 14.5. The van der Waals surface area contributed by atoms with Gasteiger partial charge in [-0.2, -0.15) is 0 Å². The standard InChI is InChI=1S/C16H12FNO2/c1-20-18-15-9-12(17)7-8-13(15)14(10-16(18)19)11-5-3-2-4-6-11/h2-10H,1H3. The molecule has 0 N–H and O–H groups in total. The number of halogens is 1. The van der Waals surface area contributed by atoms with Crippen molar-refractivity contribution in [3.8, 4) is 11.1 Å². The summed E-state index contributed by atoms with van der Waals surface area (Å²) in [4.78, 5) is 17.1. The first-order valence-electron chi connectivity index (χ1n) is 6.16. The molecule has 0 amide bonds. The number of fused-ring (bicyclic) bond motifs is 1. The van der Waals surface area contributed by atoms with Crippen LogP contribution < -0.4 is 10.4 Å². The second-order valence-corrected chi connectivity index (χ2v) is 4.40. The van der Waals surface area contributed by atoms with Gasteiger partial charge in [-0.05, 0) is 23.3 Å². The summed E-state index contributed by atoms with van der Waals surface area (Å²) in [5.74, 6) is -0.409. The number of rotatable bonds is 2. The molecule has 0 aliphatic rings. The molecule has 0 fully saturated rings. The van der Waals surface area contributed by atoms with Crippen LogP contribution >= 0.6 is 0 Å². The molecule has 0 atom stereocenters. The molecule has 3 aromatic rings. The molecule has 1 heterocycles. The Labute approximate surface area is 114 Å². The van der Waals surface area contributed by atoms with Crippen LogP contribution in [0.4, 0.5) is 4.39 Å². The first-order valence-corrected chi connectivity index (χ1v) is 6.16. The Kier molecular flexibility index (Phi) is 2.99. The Hall–Kier alpha value is -2.62. The lowest BCUT2D eigenvalue weighted by Crippen LogP contribution is -2.24. The van der Waals surface area contributed by atoms with E-state index in [1.165, 1.54) is 25.3 Å². The zero-order valence-electron chi connectivity index (χ0n) is 10.8. The first-order chi connectivity index (χ1) is 9.70. The molecule has 0 aliphatic carbocycles. The third-order valence-corrected chi connectivity index (χ3v) is 3.20. The monoisotopic (exact) mass is 269 g/mol. The molecule has 0 bridgehead atoms. The highest BCUT2D eigenvalue weighted by Gasteiger charge is 2.11. The predicted octanol–water partition coefficient (Wildman–Crippen LogP) is 2.87. The zero-order chi connectivity index (χ0) is 14.1. The van der Waals surface area contributed by atoms with E-state index in [-0.39, 0.29) is 5.56 Å². The minimum absolute atomic E-state index is 0.329. The van der Waals surface area contributed by atoms with Crippen molar-refractivity contribution in [1.29, 1.82) is 0 Å². The Morgan fingerprint density at radius 1 is 1.05 bits per heavy atom. The third kappa shape index (κ3) is 1.95. The number of pyridine rings is 1. The number of hydrogen-bond acceptors (Lipinski definition) is 2. The van der Waals surface area contributed by atoms with E-state index in [2.05, 4.69) is 0 Å². The topological polar surface area (TPSA) is 31.2 Å². The molecule has 100 valence electrons. The van der Waals surface area contributed by atoms with E-state index in [0.29, 0.717) is 5.52 Å². The molecular weight excluding hydrogens is 257 g/mol. The summed E-state index contributed by atoms with van der Waals surface area (Å²) in [6, 6.07) is 15.3. The van der Waals surface area contributed by atoms with Crippen LogP contribution in [0.5, 0.6) is 0 Å². The van der Waals surface area contributed by atoms with Gasteiger partial charge in [-0.25, -0.2) is 4.39 Å².